The Morgan fingerprint density at radius 3 is 2.93 bits per heavy atom. The van der Waals surface area contributed by atoms with E-state index in [9.17, 15) is 14.9 Å². The molecule has 27 heavy (non-hydrogen) atoms. The molecule has 138 valence electrons. The molecule has 0 spiro atoms. The number of furan rings is 1. The van der Waals surface area contributed by atoms with Crippen molar-refractivity contribution in [3.8, 4) is 11.3 Å². The Balaban J connectivity index is 1.54. The molecule has 0 bridgehead atoms. The summed E-state index contributed by atoms with van der Waals surface area (Å²) in [5, 5.41) is 11.2. The highest BCUT2D eigenvalue weighted by Gasteiger charge is 2.22. The van der Waals surface area contributed by atoms with Gasteiger partial charge in [0.15, 0.2) is 0 Å². The zero-order valence-electron chi connectivity index (χ0n) is 14.8. The number of nitro benzene ring substituents is 1. The highest BCUT2D eigenvalue weighted by molar-refractivity contribution is 5.69. The van der Waals surface area contributed by atoms with Crippen molar-refractivity contribution >= 4 is 5.69 Å². The first-order chi connectivity index (χ1) is 13.0. The summed E-state index contributed by atoms with van der Waals surface area (Å²) in [6.07, 6.45) is 0.706. The second-order valence-corrected chi connectivity index (χ2v) is 6.58. The van der Waals surface area contributed by atoms with Crippen molar-refractivity contribution in [2.24, 2.45) is 0 Å². The summed E-state index contributed by atoms with van der Waals surface area (Å²) in [6, 6.07) is 10.1. The van der Waals surface area contributed by atoms with E-state index >= 15 is 0 Å². The molecule has 0 aliphatic carbocycles. The second kappa shape index (κ2) is 6.81. The number of hydrogen-bond donors (Lipinski definition) is 1. The molecule has 1 aromatic carbocycles. The van der Waals surface area contributed by atoms with Crippen LogP contribution in [0.4, 0.5) is 5.69 Å². The van der Waals surface area contributed by atoms with E-state index in [4.69, 9.17) is 4.42 Å². The normalized spacial score (nSPS) is 14.1. The molecule has 0 atom stereocenters. The number of benzene rings is 1. The minimum Gasteiger partial charge on any atom is -0.459 e. The van der Waals surface area contributed by atoms with E-state index in [2.05, 4.69) is 14.9 Å². The molecule has 4 rings (SSSR count). The number of nitrogens with zero attached hydrogens (tertiary/aromatic N) is 3. The van der Waals surface area contributed by atoms with Crippen molar-refractivity contribution in [1.29, 1.82) is 0 Å². The predicted octanol–water partition coefficient (Wildman–Crippen LogP) is 2.80. The maximum absolute atomic E-state index is 12.2. The van der Waals surface area contributed by atoms with Gasteiger partial charge in [0, 0.05) is 25.6 Å². The molecule has 0 saturated heterocycles. The predicted molar refractivity (Wildman–Crippen MR) is 98.2 cm³/mol. The van der Waals surface area contributed by atoms with Crippen LogP contribution in [-0.2, 0) is 19.5 Å². The van der Waals surface area contributed by atoms with E-state index < -0.39 is 4.92 Å². The van der Waals surface area contributed by atoms with Crippen molar-refractivity contribution in [2.45, 2.75) is 26.4 Å². The minimum absolute atomic E-state index is 0.0123. The van der Waals surface area contributed by atoms with Crippen molar-refractivity contribution in [1.82, 2.24) is 14.9 Å². The van der Waals surface area contributed by atoms with Gasteiger partial charge in [-0.25, -0.2) is 4.98 Å². The Bertz CT molecular complexity index is 1070. The quantitative estimate of drug-likeness (QED) is 0.562. The SMILES string of the molecule is Cc1nc2c(c(=O)[nH]1)CN(Cc1ccc(-c3ccccc3[N+](=O)[O-])o1)CC2. The summed E-state index contributed by atoms with van der Waals surface area (Å²) in [5.41, 5.74) is 1.92. The van der Waals surface area contributed by atoms with Gasteiger partial charge in [0.2, 0.25) is 0 Å². The maximum Gasteiger partial charge on any atom is 0.280 e. The highest BCUT2D eigenvalue weighted by Crippen LogP contribution is 2.31. The molecule has 0 fully saturated rings. The molecule has 1 aliphatic rings. The van der Waals surface area contributed by atoms with Gasteiger partial charge < -0.3 is 9.40 Å². The Labute approximate surface area is 154 Å². The van der Waals surface area contributed by atoms with Gasteiger partial charge in [0.05, 0.1) is 28.3 Å². The topological polar surface area (TPSA) is 105 Å². The van der Waals surface area contributed by atoms with Crippen LogP contribution in [0.5, 0.6) is 0 Å². The zero-order valence-corrected chi connectivity index (χ0v) is 14.8. The van der Waals surface area contributed by atoms with E-state index in [0.29, 0.717) is 48.0 Å². The Morgan fingerprint density at radius 2 is 2.11 bits per heavy atom. The number of fused-ring (bicyclic) bond motifs is 1. The third kappa shape index (κ3) is 3.39. The third-order valence-corrected chi connectivity index (χ3v) is 4.67. The lowest BCUT2D eigenvalue weighted by molar-refractivity contribution is -0.384. The van der Waals surface area contributed by atoms with E-state index in [-0.39, 0.29) is 11.2 Å². The van der Waals surface area contributed by atoms with Crippen molar-refractivity contribution < 1.29 is 9.34 Å². The third-order valence-electron chi connectivity index (χ3n) is 4.67. The van der Waals surface area contributed by atoms with Crippen LogP contribution in [0.3, 0.4) is 0 Å². The largest absolute Gasteiger partial charge is 0.459 e. The number of hydrogen-bond acceptors (Lipinski definition) is 6. The van der Waals surface area contributed by atoms with Crippen LogP contribution in [0.15, 0.2) is 45.6 Å². The smallest absolute Gasteiger partial charge is 0.280 e. The number of nitro groups is 1. The zero-order chi connectivity index (χ0) is 19.0. The minimum atomic E-state index is -0.416. The number of para-hydroxylation sites is 1. The van der Waals surface area contributed by atoms with Gasteiger partial charge >= 0.3 is 0 Å². The average Bonchev–Trinajstić information content (AvgIpc) is 3.10. The van der Waals surface area contributed by atoms with Gasteiger partial charge in [-0.05, 0) is 25.1 Å². The molecule has 1 N–H and O–H groups in total. The summed E-state index contributed by atoms with van der Waals surface area (Å²) < 4.78 is 5.85. The van der Waals surface area contributed by atoms with Crippen molar-refractivity contribution in [3.05, 3.63) is 79.7 Å². The number of aromatic amines is 1. The van der Waals surface area contributed by atoms with Gasteiger partial charge in [0.1, 0.15) is 17.3 Å². The van der Waals surface area contributed by atoms with Crippen LogP contribution in [0.1, 0.15) is 22.8 Å². The fourth-order valence-electron chi connectivity index (χ4n) is 3.41. The van der Waals surface area contributed by atoms with Crippen molar-refractivity contribution in [3.63, 3.8) is 0 Å². The van der Waals surface area contributed by atoms with E-state index in [1.54, 1.807) is 31.2 Å². The standard InChI is InChI=1S/C19H18N4O4/c1-12-20-16-8-9-22(11-15(16)19(24)21-12)10-13-6-7-18(27-13)14-4-2-3-5-17(14)23(25)26/h2-7H,8-11H2,1H3,(H,20,21,24). The molecule has 8 nitrogen and oxygen atoms in total. The Morgan fingerprint density at radius 1 is 1.30 bits per heavy atom. The number of nitrogens with one attached hydrogen (secondary N) is 1. The fraction of sp³-hybridized carbons (Fsp3) is 0.263. The monoisotopic (exact) mass is 366 g/mol. The molecular formula is C19H18N4O4. The van der Waals surface area contributed by atoms with Crippen LogP contribution in [0.25, 0.3) is 11.3 Å². The van der Waals surface area contributed by atoms with Crippen LogP contribution in [-0.4, -0.2) is 26.3 Å². The molecule has 2 aromatic heterocycles. The molecule has 0 radical (unpaired) electrons. The lowest BCUT2D eigenvalue weighted by atomic mass is 10.1. The number of aromatic nitrogens is 2. The van der Waals surface area contributed by atoms with Gasteiger partial charge in [-0.3, -0.25) is 19.8 Å². The van der Waals surface area contributed by atoms with E-state index in [1.807, 2.05) is 6.07 Å². The first kappa shape index (κ1) is 17.2. The number of rotatable bonds is 4. The second-order valence-electron chi connectivity index (χ2n) is 6.58. The maximum atomic E-state index is 12.2. The fourth-order valence-corrected chi connectivity index (χ4v) is 3.41. The summed E-state index contributed by atoms with van der Waals surface area (Å²) in [5.74, 6) is 1.79. The molecule has 8 heteroatoms. The molecule has 0 saturated carbocycles. The Hall–Kier alpha value is -3.26. The van der Waals surface area contributed by atoms with Crippen LogP contribution < -0.4 is 5.56 Å². The Kier molecular flexibility index (Phi) is 4.33. The highest BCUT2D eigenvalue weighted by atomic mass is 16.6. The number of aryl methyl sites for hydroxylation is 1. The van der Waals surface area contributed by atoms with Gasteiger partial charge in [-0.15, -0.1) is 0 Å². The summed E-state index contributed by atoms with van der Waals surface area (Å²) in [7, 11) is 0. The van der Waals surface area contributed by atoms with Crippen LogP contribution >= 0.6 is 0 Å². The molecule has 3 heterocycles. The van der Waals surface area contributed by atoms with Crippen molar-refractivity contribution in [2.75, 3.05) is 6.54 Å². The summed E-state index contributed by atoms with van der Waals surface area (Å²) in [6.45, 7) is 3.57. The number of H-pyrrole nitrogens is 1. The first-order valence-corrected chi connectivity index (χ1v) is 8.65. The first-order valence-electron chi connectivity index (χ1n) is 8.65. The van der Waals surface area contributed by atoms with Crippen LogP contribution in [0, 0.1) is 17.0 Å². The molecule has 1 aliphatic heterocycles. The molecule has 0 unspecified atom stereocenters. The molecule has 3 aromatic rings. The molecular weight excluding hydrogens is 348 g/mol. The lowest BCUT2D eigenvalue weighted by Gasteiger charge is -2.26. The average molecular weight is 366 g/mol. The van der Waals surface area contributed by atoms with Gasteiger partial charge in [0.25, 0.3) is 11.2 Å². The van der Waals surface area contributed by atoms with Gasteiger partial charge in [-0.2, -0.15) is 0 Å². The molecule has 0 amide bonds. The van der Waals surface area contributed by atoms with E-state index in [0.717, 1.165) is 12.2 Å². The summed E-state index contributed by atoms with van der Waals surface area (Å²) >= 11 is 0. The van der Waals surface area contributed by atoms with E-state index in [1.165, 1.54) is 6.07 Å². The van der Waals surface area contributed by atoms with Gasteiger partial charge in [-0.1, -0.05) is 12.1 Å². The lowest BCUT2D eigenvalue weighted by Crippen LogP contribution is -2.35. The van der Waals surface area contributed by atoms with Crippen LogP contribution in [0.2, 0.25) is 0 Å². The summed E-state index contributed by atoms with van der Waals surface area (Å²) in [4.78, 5) is 32.2.